The number of aliphatic imine (C=N–C) groups is 1. The van der Waals surface area contributed by atoms with Crippen molar-refractivity contribution in [2.24, 2.45) is 10.9 Å². The van der Waals surface area contributed by atoms with E-state index in [4.69, 9.17) is 4.99 Å². The number of likely N-dealkylation sites (N-methyl/N-ethyl adjacent to an activating group) is 1. The average molecular weight is 402 g/mol. The highest BCUT2D eigenvalue weighted by atomic mass is 15.2. The van der Waals surface area contributed by atoms with E-state index in [2.05, 4.69) is 79.4 Å². The molecular formula is C24H43N5. The Labute approximate surface area is 179 Å². The summed E-state index contributed by atoms with van der Waals surface area (Å²) >= 11 is 0. The van der Waals surface area contributed by atoms with Crippen LogP contribution in [0, 0.1) is 5.92 Å². The van der Waals surface area contributed by atoms with Crippen molar-refractivity contribution in [2.45, 2.75) is 46.5 Å². The summed E-state index contributed by atoms with van der Waals surface area (Å²) in [6, 6.07) is 9.07. The number of aryl methyl sites for hydroxylation is 1. The van der Waals surface area contributed by atoms with Crippen molar-refractivity contribution < 1.29 is 0 Å². The molecule has 0 saturated carbocycles. The monoisotopic (exact) mass is 401 g/mol. The minimum Gasteiger partial charge on any atom is -0.357 e. The van der Waals surface area contributed by atoms with Crippen LogP contribution >= 0.6 is 0 Å². The van der Waals surface area contributed by atoms with E-state index < -0.39 is 0 Å². The topological polar surface area (TPSA) is 42.9 Å². The summed E-state index contributed by atoms with van der Waals surface area (Å²) in [4.78, 5) is 9.81. The molecule has 164 valence electrons. The van der Waals surface area contributed by atoms with E-state index in [-0.39, 0.29) is 0 Å². The second-order valence-corrected chi connectivity index (χ2v) is 8.86. The largest absolute Gasteiger partial charge is 0.357 e. The van der Waals surface area contributed by atoms with Gasteiger partial charge in [0.1, 0.15) is 0 Å². The molecule has 0 spiro atoms. The van der Waals surface area contributed by atoms with E-state index in [0.717, 1.165) is 45.0 Å². The number of piperazine rings is 1. The Hall–Kier alpha value is -1.59. The number of guanidine groups is 1. The van der Waals surface area contributed by atoms with Crippen LogP contribution in [0.1, 0.15) is 51.2 Å². The lowest BCUT2D eigenvalue weighted by molar-refractivity contribution is 0.140. The van der Waals surface area contributed by atoms with Crippen molar-refractivity contribution in [3.05, 3.63) is 35.4 Å². The molecule has 2 N–H and O–H groups in total. The predicted octanol–water partition coefficient (Wildman–Crippen LogP) is 3.18. The van der Waals surface area contributed by atoms with Gasteiger partial charge in [-0.25, -0.2) is 0 Å². The number of hydrogen-bond donors (Lipinski definition) is 2. The van der Waals surface area contributed by atoms with Crippen LogP contribution in [-0.2, 0) is 6.42 Å². The van der Waals surface area contributed by atoms with Gasteiger partial charge in [0.25, 0.3) is 0 Å². The number of benzene rings is 1. The first-order valence-corrected chi connectivity index (χ1v) is 11.5. The summed E-state index contributed by atoms with van der Waals surface area (Å²) in [7, 11) is 2.21. The van der Waals surface area contributed by atoms with Crippen LogP contribution in [0.4, 0.5) is 0 Å². The fourth-order valence-electron chi connectivity index (χ4n) is 3.69. The van der Waals surface area contributed by atoms with E-state index in [1.165, 1.54) is 37.3 Å². The molecule has 0 radical (unpaired) electrons. The van der Waals surface area contributed by atoms with E-state index in [9.17, 15) is 0 Å². The Bertz CT molecular complexity index is 588. The van der Waals surface area contributed by atoms with Crippen LogP contribution in [0.3, 0.4) is 0 Å². The van der Waals surface area contributed by atoms with Gasteiger partial charge in [-0.15, -0.1) is 0 Å². The maximum Gasteiger partial charge on any atom is 0.191 e. The van der Waals surface area contributed by atoms with Crippen LogP contribution in [0.5, 0.6) is 0 Å². The zero-order chi connectivity index (χ0) is 21.1. The van der Waals surface area contributed by atoms with Crippen molar-refractivity contribution in [2.75, 3.05) is 59.4 Å². The summed E-state index contributed by atoms with van der Waals surface area (Å²) in [6.45, 7) is 17.5. The molecule has 1 fully saturated rings. The van der Waals surface area contributed by atoms with Gasteiger partial charge in [-0.05, 0) is 49.8 Å². The summed E-state index contributed by atoms with van der Waals surface area (Å²) < 4.78 is 0. The average Bonchev–Trinajstić information content (AvgIpc) is 2.71. The van der Waals surface area contributed by atoms with E-state index >= 15 is 0 Å². The zero-order valence-corrected chi connectivity index (χ0v) is 19.4. The molecule has 1 unspecified atom stereocenters. The SMILES string of the molecule is CCNC(=NCC(C)CN1CCN(C)CC1)NCCCc1ccc(C(C)C)cc1. The lowest BCUT2D eigenvalue weighted by atomic mass is 10.0. The zero-order valence-electron chi connectivity index (χ0n) is 19.4. The molecule has 29 heavy (non-hydrogen) atoms. The highest BCUT2D eigenvalue weighted by Crippen LogP contribution is 2.15. The number of hydrogen-bond acceptors (Lipinski definition) is 3. The molecular weight excluding hydrogens is 358 g/mol. The van der Waals surface area contributed by atoms with Crippen LogP contribution in [0.25, 0.3) is 0 Å². The van der Waals surface area contributed by atoms with E-state index in [1.807, 2.05) is 0 Å². The molecule has 1 aromatic rings. The second-order valence-electron chi connectivity index (χ2n) is 8.86. The van der Waals surface area contributed by atoms with Crippen molar-refractivity contribution >= 4 is 5.96 Å². The Balaban J connectivity index is 1.69. The molecule has 1 aliphatic rings. The molecule has 1 heterocycles. The van der Waals surface area contributed by atoms with Gasteiger partial charge >= 0.3 is 0 Å². The van der Waals surface area contributed by atoms with Crippen LogP contribution in [-0.4, -0.2) is 75.2 Å². The Morgan fingerprint density at radius 3 is 2.34 bits per heavy atom. The first-order chi connectivity index (χ1) is 14.0. The third-order valence-corrected chi connectivity index (χ3v) is 5.65. The molecule has 1 aromatic carbocycles. The Kier molecular flexibility index (Phi) is 10.5. The molecule has 0 aromatic heterocycles. The molecule has 1 atom stereocenters. The number of nitrogens with one attached hydrogen (secondary N) is 2. The van der Waals surface area contributed by atoms with Crippen LogP contribution in [0.2, 0.25) is 0 Å². The first kappa shape index (κ1) is 23.7. The van der Waals surface area contributed by atoms with Gasteiger partial charge in [0, 0.05) is 52.4 Å². The van der Waals surface area contributed by atoms with Gasteiger partial charge in [0.2, 0.25) is 0 Å². The van der Waals surface area contributed by atoms with Crippen LogP contribution in [0.15, 0.2) is 29.3 Å². The maximum atomic E-state index is 4.83. The predicted molar refractivity (Wildman–Crippen MR) is 126 cm³/mol. The summed E-state index contributed by atoms with van der Waals surface area (Å²) in [5.41, 5.74) is 2.83. The third-order valence-electron chi connectivity index (χ3n) is 5.65. The van der Waals surface area contributed by atoms with Crippen molar-refractivity contribution in [3.8, 4) is 0 Å². The van der Waals surface area contributed by atoms with Gasteiger partial charge in [0.15, 0.2) is 5.96 Å². The van der Waals surface area contributed by atoms with Gasteiger partial charge in [-0.3, -0.25) is 4.99 Å². The van der Waals surface area contributed by atoms with Gasteiger partial charge < -0.3 is 20.4 Å². The van der Waals surface area contributed by atoms with Gasteiger partial charge in [-0.1, -0.05) is 45.0 Å². The van der Waals surface area contributed by atoms with E-state index in [0.29, 0.717) is 11.8 Å². The molecule has 1 saturated heterocycles. The van der Waals surface area contributed by atoms with Crippen molar-refractivity contribution in [3.63, 3.8) is 0 Å². The highest BCUT2D eigenvalue weighted by Gasteiger charge is 2.15. The summed E-state index contributed by atoms with van der Waals surface area (Å²) in [5, 5.41) is 6.89. The van der Waals surface area contributed by atoms with Crippen molar-refractivity contribution in [1.29, 1.82) is 0 Å². The normalized spacial score (nSPS) is 17.5. The standard InChI is InChI=1S/C24H43N5/c1-6-25-24(27-18-21(4)19-29-16-14-28(5)15-17-29)26-13-7-8-22-9-11-23(12-10-22)20(2)3/h9-12,20-21H,6-8,13-19H2,1-5H3,(H2,25,26,27). The van der Waals surface area contributed by atoms with E-state index in [1.54, 1.807) is 0 Å². The number of nitrogens with zero attached hydrogens (tertiary/aromatic N) is 3. The molecule has 2 rings (SSSR count). The van der Waals surface area contributed by atoms with Gasteiger partial charge in [0.05, 0.1) is 0 Å². The lowest BCUT2D eigenvalue weighted by Gasteiger charge is -2.33. The quantitative estimate of drug-likeness (QED) is 0.359. The second kappa shape index (κ2) is 12.9. The van der Waals surface area contributed by atoms with Crippen LogP contribution < -0.4 is 10.6 Å². The highest BCUT2D eigenvalue weighted by molar-refractivity contribution is 5.79. The number of rotatable bonds is 10. The molecule has 0 amide bonds. The Morgan fingerprint density at radius 2 is 1.72 bits per heavy atom. The summed E-state index contributed by atoms with van der Waals surface area (Å²) in [5.74, 6) is 2.13. The fourth-order valence-corrected chi connectivity index (χ4v) is 3.69. The minimum atomic E-state index is 0.577. The maximum absolute atomic E-state index is 4.83. The fraction of sp³-hybridized carbons (Fsp3) is 0.708. The molecule has 5 nitrogen and oxygen atoms in total. The van der Waals surface area contributed by atoms with Gasteiger partial charge in [-0.2, -0.15) is 0 Å². The molecule has 5 heteroatoms. The molecule has 1 aliphatic heterocycles. The molecule has 0 aliphatic carbocycles. The molecule has 0 bridgehead atoms. The first-order valence-electron chi connectivity index (χ1n) is 11.5. The minimum absolute atomic E-state index is 0.577. The Morgan fingerprint density at radius 1 is 1.03 bits per heavy atom. The lowest BCUT2D eigenvalue weighted by Crippen LogP contribution is -2.46. The summed E-state index contributed by atoms with van der Waals surface area (Å²) in [6.07, 6.45) is 2.22. The third kappa shape index (κ3) is 9.18. The smallest absolute Gasteiger partial charge is 0.191 e. The van der Waals surface area contributed by atoms with Crippen molar-refractivity contribution in [1.82, 2.24) is 20.4 Å².